The van der Waals surface area contributed by atoms with E-state index in [4.69, 9.17) is 9.47 Å². The van der Waals surface area contributed by atoms with Crippen LogP contribution in [-0.4, -0.2) is 68.3 Å². The second-order valence-corrected chi connectivity index (χ2v) is 5.88. The molecule has 0 aromatic carbocycles. The van der Waals surface area contributed by atoms with Crippen LogP contribution in [0.15, 0.2) is 0 Å². The average Bonchev–Trinajstić information content (AvgIpc) is 2.79. The highest BCUT2D eigenvalue weighted by atomic mass is 16.5. The lowest BCUT2D eigenvalue weighted by Gasteiger charge is -2.36. The van der Waals surface area contributed by atoms with Crippen molar-refractivity contribution < 1.29 is 19.1 Å². The Balaban J connectivity index is 1.81. The smallest absolute Gasteiger partial charge is 0.409 e. The van der Waals surface area contributed by atoms with Crippen LogP contribution in [0.25, 0.3) is 0 Å². The molecule has 1 atom stereocenters. The van der Waals surface area contributed by atoms with Gasteiger partial charge in [-0.1, -0.05) is 0 Å². The topological polar surface area (TPSA) is 59.1 Å². The number of amides is 1. The van der Waals surface area contributed by atoms with E-state index in [9.17, 15) is 9.59 Å². The molecule has 2 rings (SSSR count). The van der Waals surface area contributed by atoms with Gasteiger partial charge >= 0.3 is 12.1 Å². The molecule has 0 radical (unpaired) electrons. The molecule has 0 aromatic rings. The van der Waals surface area contributed by atoms with E-state index in [0.717, 1.165) is 58.3 Å². The van der Waals surface area contributed by atoms with E-state index in [1.54, 1.807) is 4.90 Å². The minimum Gasteiger partial charge on any atom is -0.469 e. The molecular weight excluding hydrogens is 272 g/mol. The predicted molar refractivity (Wildman–Crippen MR) is 77.9 cm³/mol. The number of piperidine rings is 1. The number of likely N-dealkylation sites (tertiary alicyclic amines) is 2. The molecule has 0 aliphatic carbocycles. The minimum absolute atomic E-state index is 0.0589. The van der Waals surface area contributed by atoms with Crippen molar-refractivity contribution in [1.29, 1.82) is 0 Å². The maximum Gasteiger partial charge on any atom is 0.409 e. The van der Waals surface area contributed by atoms with Crippen LogP contribution in [-0.2, 0) is 14.3 Å². The van der Waals surface area contributed by atoms with Crippen molar-refractivity contribution in [3.05, 3.63) is 0 Å². The van der Waals surface area contributed by atoms with Gasteiger partial charge in [-0.15, -0.1) is 0 Å². The number of carbonyl (C=O) groups is 2. The standard InChI is InChI=1S/C15H26N2O4/c1-20-14(18)12-5-9-16(10-6-12)13-4-3-8-17(11-7-13)15(19)21-2/h12-13H,3-11H2,1-2H3/t13-/m0/s1. The van der Waals surface area contributed by atoms with E-state index < -0.39 is 0 Å². The zero-order valence-electron chi connectivity index (χ0n) is 13.0. The molecule has 6 nitrogen and oxygen atoms in total. The molecule has 0 saturated carbocycles. The van der Waals surface area contributed by atoms with Gasteiger partial charge in [0.1, 0.15) is 0 Å². The van der Waals surface area contributed by atoms with Gasteiger partial charge in [-0.2, -0.15) is 0 Å². The summed E-state index contributed by atoms with van der Waals surface area (Å²) in [6, 6.07) is 0.512. The minimum atomic E-state index is -0.222. The molecule has 0 unspecified atom stereocenters. The zero-order valence-corrected chi connectivity index (χ0v) is 13.0. The van der Waals surface area contributed by atoms with Crippen molar-refractivity contribution in [2.45, 2.75) is 38.1 Å². The number of hydrogen-bond acceptors (Lipinski definition) is 5. The third-order valence-electron chi connectivity index (χ3n) is 4.71. The lowest BCUT2D eigenvalue weighted by molar-refractivity contribution is -0.147. The van der Waals surface area contributed by atoms with Crippen LogP contribution in [0.5, 0.6) is 0 Å². The average molecular weight is 298 g/mol. The molecule has 0 N–H and O–H groups in total. The second-order valence-electron chi connectivity index (χ2n) is 5.88. The third kappa shape index (κ3) is 4.09. The van der Waals surface area contributed by atoms with Crippen LogP contribution in [0.1, 0.15) is 32.1 Å². The molecule has 1 amide bonds. The Morgan fingerprint density at radius 3 is 2.24 bits per heavy atom. The van der Waals surface area contributed by atoms with Crippen LogP contribution in [0.2, 0.25) is 0 Å². The van der Waals surface area contributed by atoms with Gasteiger partial charge in [0.15, 0.2) is 0 Å². The Labute approximate surface area is 126 Å². The zero-order chi connectivity index (χ0) is 15.2. The molecule has 0 aromatic heterocycles. The maximum absolute atomic E-state index is 11.6. The normalized spacial score (nSPS) is 25.2. The van der Waals surface area contributed by atoms with E-state index >= 15 is 0 Å². The first-order valence-electron chi connectivity index (χ1n) is 7.80. The van der Waals surface area contributed by atoms with Gasteiger partial charge < -0.3 is 19.3 Å². The molecular formula is C15H26N2O4. The number of hydrogen-bond donors (Lipinski definition) is 0. The highest BCUT2D eigenvalue weighted by Gasteiger charge is 2.30. The molecule has 21 heavy (non-hydrogen) atoms. The van der Waals surface area contributed by atoms with Crippen LogP contribution < -0.4 is 0 Å². The van der Waals surface area contributed by atoms with Crippen LogP contribution in [0.3, 0.4) is 0 Å². The molecule has 6 heteroatoms. The molecule has 0 bridgehead atoms. The van der Waals surface area contributed by atoms with Gasteiger partial charge in [0, 0.05) is 19.1 Å². The van der Waals surface area contributed by atoms with Gasteiger partial charge in [-0.3, -0.25) is 4.79 Å². The van der Waals surface area contributed by atoms with E-state index in [0.29, 0.717) is 6.04 Å². The van der Waals surface area contributed by atoms with Crippen molar-refractivity contribution in [2.24, 2.45) is 5.92 Å². The van der Waals surface area contributed by atoms with Crippen molar-refractivity contribution in [2.75, 3.05) is 40.4 Å². The summed E-state index contributed by atoms with van der Waals surface area (Å²) < 4.78 is 9.63. The summed E-state index contributed by atoms with van der Waals surface area (Å²) in [4.78, 5) is 27.4. The number of ether oxygens (including phenoxy) is 2. The largest absolute Gasteiger partial charge is 0.469 e. The van der Waals surface area contributed by atoms with Gasteiger partial charge in [-0.05, 0) is 45.2 Å². The van der Waals surface area contributed by atoms with Gasteiger partial charge in [0.2, 0.25) is 0 Å². The van der Waals surface area contributed by atoms with Crippen LogP contribution in [0.4, 0.5) is 4.79 Å². The van der Waals surface area contributed by atoms with Crippen LogP contribution >= 0.6 is 0 Å². The summed E-state index contributed by atoms with van der Waals surface area (Å²) in [5.41, 5.74) is 0. The quantitative estimate of drug-likeness (QED) is 0.723. The summed E-state index contributed by atoms with van der Waals surface area (Å²) in [5.74, 6) is -0.0176. The first-order valence-corrected chi connectivity index (χ1v) is 7.80. The summed E-state index contributed by atoms with van der Waals surface area (Å²) >= 11 is 0. The number of rotatable bonds is 2. The van der Waals surface area contributed by atoms with Crippen molar-refractivity contribution in [3.63, 3.8) is 0 Å². The summed E-state index contributed by atoms with van der Waals surface area (Å²) in [5, 5.41) is 0. The number of esters is 1. The Kier molecular flexibility index (Phi) is 5.85. The van der Waals surface area contributed by atoms with Gasteiger partial charge in [-0.25, -0.2) is 4.79 Å². The SMILES string of the molecule is COC(=O)C1CCN([C@H]2CCCN(C(=O)OC)CC2)CC1. The Hall–Kier alpha value is -1.30. The molecule has 2 heterocycles. The summed E-state index contributed by atoms with van der Waals surface area (Å²) in [6.07, 6.45) is 4.64. The van der Waals surface area contributed by atoms with Gasteiger partial charge in [0.05, 0.1) is 20.1 Å². The Morgan fingerprint density at radius 1 is 0.905 bits per heavy atom. The lowest BCUT2D eigenvalue weighted by atomic mass is 9.94. The fourth-order valence-corrected chi connectivity index (χ4v) is 3.42. The van der Waals surface area contributed by atoms with Crippen LogP contribution in [0, 0.1) is 5.92 Å². The predicted octanol–water partition coefficient (Wildman–Crippen LogP) is 1.49. The maximum atomic E-state index is 11.6. The Bertz CT molecular complexity index is 367. The molecule has 120 valence electrons. The van der Waals surface area contributed by atoms with Crippen molar-refractivity contribution in [3.8, 4) is 0 Å². The lowest BCUT2D eigenvalue weighted by Crippen LogP contribution is -2.43. The molecule has 2 aliphatic heterocycles. The summed E-state index contributed by atoms with van der Waals surface area (Å²) in [6.45, 7) is 3.43. The van der Waals surface area contributed by atoms with Crippen molar-refractivity contribution in [1.82, 2.24) is 9.80 Å². The molecule has 2 aliphatic rings. The number of methoxy groups -OCH3 is 2. The number of nitrogens with zero attached hydrogens (tertiary/aromatic N) is 2. The Morgan fingerprint density at radius 2 is 1.62 bits per heavy atom. The third-order valence-corrected chi connectivity index (χ3v) is 4.71. The van der Waals surface area contributed by atoms with E-state index in [2.05, 4.69) is 4.90 Å². The summed E-state index contributed by atoms with van der Waals surface area (Å²) in [7, 11) is 2.89. The van der Waals surface area contributed by atoms with Gasteiger partial charge in [0.25, 0.3) is 0 Å². The van der Waals surface area contributed by atoms with Crippen molar-refractivity contribution >= 4 is 12.1 Å². The van der Waals surface area contributed by atoms with E-state index in [1.807, 2.05) is 0 Å². The molecule has 0 spiro atoms. The highest BCUT2D eigenvalue weighted by molar-refractivity contribution is 5.72. The molecule has 2 fully saturated rings. The number of carbonyl (C=O) groups excluding carboxylic acids is 2. The van der Waals surface area contributed by atoms with E-state index in [-0.39, 0.29) is 18.0 Å². The van der Waals surface area contributed by atoms with E-state index in [1.165, 1.54) is 14.2 Å². The monoisotopic (exact) mass is 298 g/mol. The fraction of sp³-hybridized carbons (Fsp3) is 0.867. The fourth-order valence-electron chi connectivity index (χ4n) is 3.42. The second kappa shape index (κ2) is 7.64. The highest BCUT2D eigenvalue weighted by Crippen LogP contribution is 2.24. The first-order chi connectivity index (χ1) is 10.2. The first kappa shape index (κ1) is 16.1. The molecule has 2 saturated heterocycles.